The van der Waals surface area contributed by atoms with E-state index in [-0.39, 0.29) is 36.8 Å². The van der Waals surface area contributed by atoms with Crippen LogP contribution in [-0.4, -0.2) is 40.2 Å². The van der Waals surface area contributed by atoms with Crippen molar-refractivity contribution in [1.82, 2.24) is 20.0 Å². The van der Waals surface area contributed by atoms with Gasteiger partial charge in [-0.3, -0.25) is 9.48 Å². The van der Waals surface area contributed by atoms with Crippen LogP contribution in [0.4, 0.5) is 0 Å². The molecule has 1 aliphatic rings. The Labute approximate surface area is 178 Å². The highest BCUT2D eigenvalue weighted by Crippen LogP contribution is 2.26. The maximum Gasteiger partial charge on any atom is 0.223 e. The van der Waals surface area contributed by atoms with Gasteiger partial charge in [0.2, 0.25) is 5.91 Å². The standard InChI is InChI=1S/C19H25ClN4O.2ClH/c1-13-17(14(2)23(3)22-13)7-8-19(25)24-10-9-21-12-18(24)15-5-4-6-16(20)11-15;;/h4-6,11,18,21H,7-10,12H2,1-3H3;2*1H. The summed E-state index contributed by atoms with van der Waals surface area (Å²) in [5, 5.41) is 8.53. The Hall–Kier alpha value is -1.27. The van der Waals surface area contributed by atoms with E-state index in [0.717, 1.165) is 43.0 Å². The molecule has 2 heterocycles. The molecule has 1 atom stereocenters. The van der Waals surface area contributed by atoms with Gasteiger partial charge >= 0.3 is 0 Å². The minimum Gasteiger partial charge on any atom is -0.333 e. The van der Waals surface area contributed by atoms with Gasteiger partial charge in [-0.15, -0.1) is 24.8 Å². The van der Waals surface area contributed by atoms with Crippen LogP contribution in [0.5, 0.6) is 0 Å². The molecular formula is C19H27Cl3N4O. The monoisotopic (exact) mass is 432 g/mol. The predicted molar refractivity (Wildman–Crippen MR) is 114 cm³/mol. The summed E-state index contributed by atoms with van der Waals surface area (Å²) in [7, 11) is 1.94. The number of halogens is 3. The second-order valence-corrected chi connectivity index (χ2v) is 7.07. The van der Waals surface area contributed by atoms with Crippen LogP contribution in [0.15, 0.2) is 24.3 Å². The van der Waals surface area contributed by atoms with Crippen LogP contribution in [-0.2, 0) is 18.3 Å². The molecule has 1 aromatic heterocycles. The maximum atomic E-state index is 12.9. The molecule has 1 amide bonds. The van der Waals surface area contributed by atoms with Crippen LogP contribution in [0.2, 0.25) is 5.02 Å². The highest BCUT2D eigenvalue weighted by molar-refractivity contribution is 6.30. The van der Waals surface area contributed by atoms with E-state index in [4.69, 9.17) is 11.6 Å². The largest absolute Gasteiger partial charge is 0.333 e. The van der Waals surface area contributed by atoms with Gasteiger partial charge in [0.1, 0.15) is 0 Å². The molecule has 1 aromatic carbocycles. The molecule has 0 radical (unpaired) electrons. The molecule has 1 fully saturated rings. The Balaban J connectivity index is 0.00000182. The normalized spacial score (nSPS) is 16.4. The average molecular weight is 434 g/mol. The Kier molecular flexibility index (Phi) is 9.09. The third-order valence-corrected chi connectivity index (χ3v) is 5.28. The fraction of sp³-hybridized carbons (Fsp3) is 0.474. The number of nitrogens with zero attached hydrogens (tertiary/aromatic N) is 3. The summed E-state index contributed by atoms with van der Waals surface area (Å²) in [6.45, 7) is 6.37. The highest BCUT2D eigenvalue weighted by Gasteiger charge is 2.28. The van der Waals surface area contributed by atoms with Crippen molar-refractivity contribution in [1.29, 1.82) is 0 Å². The molecular weight excluding hydrogens is 407 g/mol. The number of benzene rings is 1. The Morgan fingerprint density at radius 1 is 1.33 bits per heavy atom. The van der Waals surface area contributed by atoms with Crippen molar-refractivity contribution in [2.45, 2.75) is 32.7 Å². The van der Waals surface area contributed by atoms with Gasteiger partial charge in [0.15, 0.2) is 0 Å². The second kappa shape index (κ2) is 10.3. The van der Waals surface area contributed by atoms with Crippen LogP contribution in [0.1, 0.15) is 35.0 Å². The van der Waals surface area contributed by atoms with Crippen molar-refractivity contribution < 1.29 is 4.79 Å². The van der Waals surface area contributed by atoms with Crippen molar-refractivity contribution in [3.63, 3.8) is 0 Å². The minimum absolute atomic E-state index is 0. The van der Waals surface area contributed by atoms with Gasteiger partial charge in [0, 0.05) is 43.8 Å². The van der Waals surface area contributed by atoms with Gasteiger partial charge in [-0.2, -0.15) is 5.10 Å². The lowest BCUT2D eigenvalue weighted by molar-refractivity contribution is -0.134. The lowest BCUT2D eigenvalue weighted by Crippen LogP contribution is -2.48. The van der Waals surface area contributed by atoms with Crippen LogP contribution in [0.25, 0.3) is 0 Å². The van der Waals surface area contributed by atoms with E-state index < -0.39 is 0 Å². The summed E-state index contributed by atoms with van der Waals surface area (Å²) in [5.41, 5.74) is 4.42. The van der Waals surface area contributed by atoms with Gasteiger partial charge in [-0.25, -0.2) is 0 Å². The fourth-order valence-corrected chi connectivity index (χ4v) is 3.77. The van der Waals surface area contributed by atoms with Gasteiger partial charge in [-0.05, 0) is 43.5 Å². The first-order valence-corrected chi connectivity index (χ1v) is 9.10. The fourth-order valence-electron chi connectivity index (χ4n) is 3.57. The van der Waals surface area contributed by atoms with E-state index in [1.54, 1.807) is 0 Å². The topological polar surface area (TPSA) is 50.2 Å². The molecule has 150 valence electrons. The Morgan fingerprint density at radius 3 is 2.70 bits per heavy atom. The quantitative estimate of drug-likeness (QED) is 0.801. The summed E-state index contributed by atoms with van der Waals surface area (Å²) in [5.74, 6) is 0.189. The molecule has 3 rings (SSSR count). The summed E-state index contributed by atoms with van der Waals surface area (Å²) in [6, 6.07) is 7.84. The number of rotatable bonds is 4. The smallest absolute Gasteiger partial charge is 0.223 e. The number of amides is 1. The summed E-state index contributed by atoms with van der Waals surface area (Å²) in [4.78, 5) is 14.9. The molecule has 0 saturated carbocycles. The summed E-state index contributed by atoms with van der Waals surface area (Å²) in [6.07, 6.45) is 1.24. The van der Waals surface area contributed by atoms with Crippen molar-refractivity contribution in [2.24, 2.45) is 7.05 Å². The molecule has 5 nitrogen and oxygen atoms in total. The van der Waals surface area contributed by atoms with E-state index in [0.29, 0.717) is 11.4 Å². The SMILES string of the molecule is Cc1nn(C)c(C)c1CCC(=O)N1CCNCC1c1cccc(Cl)c1.Cl.Cl. The van der Waals surface area contributed by atoms with E-state index in [2.05, 4.69) is 17.3 Å². The third kappa shape index (κ3) is 5.38. The van der Waals surface area contributed by atoms with Crippen LogP contribution in [0, 0.1) is 13.8 Å². The maximum absolute atomic E-state index is 12.9. The summed E-state index contributed by atoms with van der Waals surface area (Å²) >= 11 is 6.14. The molecule has 1 aliphatic heterocycles. The number of nitrogens with one attached hydrogen (secondary N) is 1. The zero-order valence-electron chi connectivity index (χ0n) is 15.9. The number of aryl methyl sites for hydroxylation is 2. The highest BCUT2D eigenvalue weighted by atomic mass is 35.5. The molecule has 27 heavy (non-hydrogen) atoms. The van der Waals surface area contributed by atoms with E-state index >= 15 is 0 Å². The predicted octanol–water partition coefficient (Wildman–Crippen LogP) is 3.64. The first-order chi connectivity index (χ1) is 12.0. The lowest BCUT2D eigenvalue weighted by atomic mass is 10.0. The second-order valence-electron chi connectivity index (χ2n) is 6.64. The first-order valence-electron chi connectivity index (χ1n) is 8.72. The number of piperazine rings is 1. The molecule has 0 bridgehead atoms. The van der Waals surface area contributed by atoms with Crippen molar-refractivity contribution in [3.05, 3.63) is 51.8 Å². The summed E-state index contributed by atoms with van der Waals surface area (Å²) < 4.78 is 1.88. The first kappa shape index (κ1) is 23.8. The van der Waals surface area contributed by atoms with Gasteiger partial charge < -0.3 is 10.2 Å². The van der Waals surface area contributed by atoms with Crippen LogP contribution >= 0.6 is 36.4 Å². The molecule has 1 unspecified atom stereocenters. The molecule has 2 aromatic rings. The number of hydrogen-bond acceptors (Lipinski definition) is 3. The Morgan fingerprint density at radius 2 is 2.07 bits per heavy atom. The van der Waals surface area contributed by atoms with Gasteiger partial charge in [-0.1, -0.05) is 23.7 Å². The van der Waals surface area contributed by atoms with E-state index in [9.17, 15) is 4.79 Å². The van der Waals surface area contributed by atoms with Crippen molar-refractivity contribution in [3.8, 4) is 0 Å². The van der Waals surface area contributed by atoms with Crippen LogP contribution in [0.3, 0.4) is 0 Å². The molecule has 0 spiro atoms. The lowest BCUT2D eigenvalue weighted by Gasteiger charge is -2.36. The molecule has 8 heteroatoms. The average Bonchev–Trinajstić information content (AvgIpc) is 2.85. The number of carbonyl (C=O) groups is 1. The van der Waals surface area contributed by atoms with Gasteiger partial charge in [0.25, 0.3) is 0 Å². The molecule has 1 N–H and O–H groups in total. The molecule has 0 aliphatic carbocycles. The Bertz CT molecular complexity index is 778. The minimum atomic E-state index is 0. The zero-order valence-corrected chi connectivity index (χ0v) is 18.3. The number of hydrogen-bond donors (Lipinski definition) is 1. The number of aromatic nitrogens is 2. The number of carbonyl (C=O) groups excluding carboxylic acids is 1. The van der Waals surface area contributed by atoms with Gasteiger partial charge in [0.05, 0.1) is 11.7 Å². The van der Waals surface area contributed by atoms with Crippen molar-refractivity contribution in [2.75, 3.05) is 19.6 Å². The molecule has 1 saturated heterocycles. The van der Waals surface area contributed by atoms with E-state index in [1.807, 2.05) is 47.8 Å². The van der Waals surface area contributed by atoms with Crippen LogP contribution < -0.4 is 5.32 Å². The van der Waals surface area contributed by atoms with Crippen molar-refractivity contribution >= 4 is 42.3 Å². The third-order valence-electron chi connectivity index (χ3n) is 5.04. The van der Waals surface area contributed by atoms with E-state index in [1.165, 1.54) is 5.56 Å². The zero-order chi connectivity index (χ0) is 18.0.